The molecule has 2 amide bonds. The van der Waals surface area contributed by atoms with E-state index in [-0.39, 0.29) is 17.9 Å². The summed E-state index contributed by atoms with van der Waals surface area (Å²) in [6, 6.07) is 8.88. The van der Waals surface area contributed by atoms with E-state index in [1.807, 2.05) is 29.6 Å². The molecule has 1 unspecified atom stereocenters. The highest BCUT2D eigenvalue weighted by molar-refractivity contribution is 7.12. The van der Waals surface area contributed by atoms with Crippen LogP contribution < -0.4 is 19.7 Å². The highest BCUT2D eigenvalue weighted by Crippen LogP contribution is 2.35. The number of rotatable bonds is 3. The van der Waals surface area contributed by atoms with Gasteiger partial charge >= 0.3 is 0 Å². The Bertz CT molecular complexity index is 775. The van der Waals surface area contributed by atoms with Gasteiger partial charge in [-0.3, -0.25) is 9.59 Å². The second-order valence-corrected chi connectivity index (χ2v) is 6.63. The maximum atomic E-state index is 12.3. The molecule has 0 radical (unpaired) electrons. The van der Waals surface area contributed by atoms with E-state index in [0.29, 0.717) is 42.6 Å². The molecule has 3 heterocycles. The Morgan fingerprint density at radius 3 is 2.83 bits per heavy atom. The van der Waals surface area contributed by atoms with Crippen LogP contribution in [0.2, 0.25) is 0 Å². The zero-order valence-corrected chi connectivity index (χ0v) is 13.7. The van der Waals surface area contributed by atoms with Crippen molar-refractivity contribution in [2.24, 2.45) is 0 Å². The third-order valence-electron chi connectivity index (χ3n) is 4.04. The van der Waals surface area contributed by atoms with Gasteiger partial charge in [0.05, 0.1) is 10.9 Å². The lowest BCUT2D eigenvalue weighted by Gasteiger charge is -2.22. The third kappa shape index (κ3) is 2.82. The first-order chi connectivity index (χ1) is 11.7. The molecule has 124 valence electrons. The second kappa shape index (κ2) is 6.16. The van der Waals surface area contributed by atoms with Gasteiger partial charge in [0.15, 0.2) is 11.5 Å². The minimum absolute atomic E-state index is 0.0110. The first-order valence-corrected chi connectivity index (χ1v) is 8.63. The van der Waals surface area contributed by atoms with E-state index < -0.39 is 0 Å². The van der Waals surface area contributed by atoms with Crippen molar-refractivity contribution in [3.8, 4) is 11.5 Å². The maximum absolute atomic E-state index is 12.3. The van der Waals surface area contributed by atoms with Gasteiger partial charge in [-0.05, 0) is 23.6 Å². The van der Waals surface area contributed by atoms with Crippen LogP contribution in [0, 0.1) is 0 Å². The Morgan fingerprint density at radius 1 is 1.21 bits per heavy atom. The molecule has 24 heavy (non-hydrogen) atoms. The molecule has 1 N–H and O–H groups in total. The SMILES string of the molecule is O=C(NC1CC(=O)N(c2ccc3c(c2)OCCO3)C1)c1cccs1. The van der Waals surface area contributed by atoms with Crippen LogP contribution in [0.15, 0.2) is 35.7 Å². The van der Waals surface area contributed by atoms with E-state index in [4.69, 9.17) is 9.47 Å². The number of thiophene rings is 1. The van der Waals surface area contributed by atoms with Gasteiger partial charge in [-0.2, -0.15) is 0 Å². The number of fused-ring (bicyclic) bond motifs is 1. The normalized spacial score (nSPS) is 19.4. The van der Waals surface area contributed by atoms with Crippen molar-refractivity contribution in [2.45, 2.75) is 12.5 Å². The Labute approximate surface area is 143 Å². The number of nitrogens with zero attached hydrogens (tertiary/aromatic N) is 1. The molecule has 1 aromatic heterocycles. The molecule has 4 rings (SSSR count). The Kier molecular flexibility index (Phi) is 3.86. The molecular weight excluding hydrogens is 328 g/mol. The monoisotopic (exact) mass is 344 g/mol. The van der Waals surface area contributed by atoms with Gasteiger partial charge in [0.2, 0.25) is 5.91 Å². The van der Waals surface area contributed by atoms with E-state index >= 15 is 0 Å². The molecule has 6 nitrogen and oxygen atoms in total. The van der Waals surface area contributed by atoms with Crippen molar-refractivity contribution in [3.63, 3.8) is 0 Å². The van der Waals surface area contributed by atoms with Crippen LogP contribution in [-0.4, -0.2) is 37.6 Å². The van der Waals surface area contributed by atoms with Crippen LogP contribution in [0.25, 0.3) is 0 Å². The van der Waals surface area contributed by atoms with Gasteiger partial charge in [-0.15, -0.1) is 11.3 Å². The van der Waals surface area contributed by atoms with Crippen LogP contribution in [-0.2, 0) is 4.79 Å². The highest BCUT2D eigenvalue weighted by atomic mass is 32.1. The number of carbonyl (C=O) groups is 2. The molecule has 2 aromatic rings. The molecule has 1 fully saturated rings. The smallest absolute Gasteiger partial charge is 0.261 e. The van der Waals surface area contributed by atoms with Gasteiger partial charge in [0, 0.05) is 24.7 Å². The molecule has 2 aliphatic heterocycles. The summed E-state index contributed by atoms with van der Waals surface area (Å²) in [5, 5.41) is 4.78. The summed E-state index contributed by atoms with van der Waals surface area (Å²) >= 11 is 1.39. The van der Waals surface area contributed by atoms with E-state index in [1.165, 1.54) is 11.3 Å². The molecule has 0 spiro atoms. The van der Waals surface area contributed by atoms with Gasteiger partial charge < -0.3 is 19.7 Å². The molecule has 7 heteroatoms. The van der Waals surface area contributed by atoms with Gasteiger partial charge in [-0.1, -0.05) is 6.07 Å². The summed E-state index contributed by atoms with van der Waals surface area (Å²) in [5.41, 5.74) is 0.761. The number of hydrogen-bond donors (Lipinski definition) is 1. The lowest BCUT2D eigenvalue weighted by Crippen LogP contribution is -2.36. The third-order valence-corrected chi connectivity index (χ3v) is 4.91. The molecule has 1 aromatic carbocycles. The average Bonchev–Trinajstić information content (AvgIpc) is 3.24. The number of benzene rings is 1. The predicted octanol–water partition coefficient (Wildman–Crippen LogP) is 2.05. The zero-order valence-electron chi connectivity index (χ0n) is 12.9. The van der Waals surface area contributed by atoms with Crippen LogP contribution in [0.4, 0.5) is 5.69 Å². The quantitative estimate of drug-likeness (QED) is 0.925. The fourth-order valence-corrected chi connectivity index (χ4v) is 3.54. The van der Waals surface area contributed by atoms with E-state index in [2.05, 4.69) is 5.32 Å². The molecule has 0 bridgehead atoms. The molecule has 0 aliphatic carbocycles. The van der Waals surface area contributed by atoms with Crippen LogP contribution in [0.1, 0.15) is 16.1 Å². The number of ether oxygens (including phenoxy) is 2. The largest absolute Gasteiger partial charge is 0.486 e. The molecule has 1 saturated heterocycles. The Hall–Kier alpha value is -2.54. The first kappa shape index (κ1) is 15.0. The van der Waals surface area contributed by atoms with Crippen molar-refractivity contribution >= 4 is 28.8 Å². The average molecular weight is 344 g/mol. The second-order valence-electron chi connectivity index (χ2n) is 5.68. The summed E-state index contributed by atoms with van der Waals surface area (Å²) in [7, 11) is 0. The fraction of sp³-hybridized carbons (Fsp3) is 0.294. The van der Waals surface area contributed by atoms with Gasteiger partial charge in [-0.25, -0.2) is 0 Å². The van der Waals surface area contributed by atoms with Crippen LogP contribution in [0.5, 0.6) is 11.5 Å². The minimum Gasteiger partial charge on any atom is -0.486 e. The number of nitrogens with one attached hydrogen (secondary N) is 1. The van der Waals surface area contributed by atoms with Crippen molar-refractivity contribution in [1.29, 1.82) is 0 Å². The topological polar surface area (TPSA) is 67.9 Å². The molecular formula is C17H16N2O4S. The van der Waals surface area contributed by atoms with Crippen LogP contribution >= 0.6 is 11.3 Å². The van der Waals surface area contributed by atoms with E-state index in [9.17, 15) is 9.59 Å². The number of carbonyl (C=O) groups excluding carboxylic acids is 2. The van der Waals surface area contributed by atoms with E-state index in [1.54, 1.807) is 11.0 Å². The number of anilines is 1. The van der Waals surface area contributed by atoms with Crippen molar-refractivity contribution in [3.05, 3.63) is 40.6 Å². The van der Waals surface area contributed by atoms with Crippen molar-refractivity contribution in [1.82, 2.24) is 5.32 Å². The lowest BCUT2D eigenvalue weighted by atomic mass is 10.2. The summed E-state index contributed by atoms with van der Waals surface area (Å²) in [4.78, 5) is 26.8. The highest BCUT2D eigenvalue weighted by Gasteiger charge is 2.32. The molecule has 2 aliphatic rings. The summed E-state index contributed by atoms with van der Waals surface area (Å²) in [6.45, 7) is 1.49. The van der Waals surface area contributed by atoms with Gasteiger partial charge in [0.25, 0.3) is 5.91 Å². The van der Waals surface area contributed by atoms with Crippen molar-refractivity contribution in [2.75, 3.05) is 24.7 Å². The summed E-state index contributed by atoms with van der Waals surface area (Å²) in [6.07, 6.45) is 0.297. The Morgan fingerprint density at radius 2 is 2.04 bits per heavy atom. The van der Waals surface area contributed by atoms with Crippen molar-refractivity contribution < 1.29 is 19.1 Å². The zero-order chi connectivity index (χ0) is 16.5. The fourth-order valence-electron chi connectivity index (χ4n) is 2.92. The standard InChI is InChI=1S/C17H16N2O4S/c20-16-8-11(18-17(21)15-2-1-7-24-15)10-19(16)12-3-4-13-14(9-12)23-6-5-22-13/h1-4,7,9,11H,5-6,8,10H2,(H,18,21). The van der Waals surface area contributed by atoms with Gasteiger partial charge in [0.1, 0.15) is 13.2 Å². The minimum atomic E-state index is -0.194. The van der Waals surface area contributed by atoms with Crippen LogP contribution in [0.3, 0.4) is 0 Å². The summed E-state index contributed by atoms with van der Waals surface area (Å²) in [5.74, 6) is 1.20. The molecule has 0 saturated carbocycles. The lowest BCUT2D eigenvalue weighted by molar-refractivity contribution is -0.117. The number of amides is 2. The number of hydrogen-bond acceptors (Lipinski definition) is 5. The molecule has 1 atom stereocenters. The summed E-state index contributed by atoms with van der Waals surface area (Å²) < 4.78 is 11.1. The van der Waals surface area contributed by atoms with E-state index in [0.717, 1.165) is 5.69 Å². The predicted molar refractivity (Wildman–Crippen MR) is 90.0 cm³/mol. The Balaban J connectivity index is 1.47. The maximum Gasteiger partial charge on any atom is 0.261 e. The first-order valence-electron chi connectivity index (χ1n) is 7.75.